The SMILES string of the molecule is COC(CN1CCN(CC(C)C(=O)c2ccc(Cl)cc2)CC1)c1ccccc1. The summed E-state index contributed by atoms with van der Waals surface area (Å²) in [5, 5.41) is 0.658. The zero-order valence-corrected chi connectivity index (χ0v) is 17.4. The van der Waals surface area contributed by atoms with E-state index in [9.17, 15) is 4.79 Å². The lowest BCUT2D eigenvalue weighted by Crippen LogP contribution is -2.49. The Morgan fingerprint density at radius 1 is 0.964 bits per heavy atom. The number of halogens is 1. The quantitative estimate of drug-likeness (QED) is 0.623. The molecule has 2 atom stereocenters. The van der Waals surface area contributed by atoms with E-state index in [0.717, 1.165) is 44.8 Å². The van der Waals surface area contributed by atoms with Crippen molar-refractivity contribution >= 4 is 17.4 Å². The molecule has 150 valence electrons. The Morgan fingerprint density at radius 2 is 1.54 bits per heavy atom. The third kappa shape index (κ3) is 5.65. The van der Waals surface area contributed by atoms with Crippen LogP contribution in [0.1, 0.15) is 28.9 Å². The van der Waals surface area contributed by atoms with Gasteiger partial charge in [-0.25, -0.2) is 0 Å². The molecule has 2 aromatic carbocycles. The minimum absolute atomic E-state index is 0.0243. The number of carbonyl (C=O) groups excluding carboxylic acids is 1. The second-order valence-corrected chi connectivity index (χ2v) is 7.94. The van der Waals surface area contributed by atoms with E-state index in [1.165, 1.54) is 5.56 Å². The van der Waals surface area contributed by atoms with E-state index in [0.29, 0.717) is 5.02 Å². The first-order chi connectivity index (χ1) is 13.6. The van der Waals surface area contributed by atoms with Crippen LogP contribution in [-0.2, 0) is 4.74 Å². The lowest BCUT2D eigenvalue weighted by Gasteiger charge is -2.37. The predicted molar refractivity (Wildman–Crippen MR) is 114 cm³/mol. The first-order valence-electron chi connectivity index (χ1n) is 9.89. The molecule has 0 saturated carbocycles. The molecule has 1 aliphatic heterocycles. The number of ketones is 1. The molecule has 28 heavy (non-hydrogen) atoms. The minimum Gasteiger partial charge on any atom is -0.375 e. The van der Waals surface area contributed by atoms with E-state index in [2.05, 4.69) is 34.1 Å². The van der Waals surface area contributed by atoms with Gasteiger partial charge in [0.2, 0.25) is 0 Å². The zero-order chi connectivity index (χ0) is 19.9. The Bertz CT molecular complexity index is 743. The lowest BCUT2D eigenvalue weighted by atomic mass is 9.98. The standard InChI is InChI=1S/C23H29ClN2O2/c1-18(23(27)20-8-10-21(24)11-9-20)16-25-12-14-26(15-13-25)17-22(28-2)19-6-4-3-5-7-19/h3-11,18,22H,12-17H2,1-2H3. The molecule has 1 aliphatic rings. The highest BCUT2D eigenvalue weighted by Gasteiger charge is 2.24. The van der Waals surface area contributed by atoms with Gasteiger partial charge in [0.25, 0.3) is 0 Å². The number of benzene rings is 2. The third-order valence-corrected chi connectivity index (χ3v) is 5.71. The van der Waals surface area contributed by atoms with E-state index in [1.807, 2.05) is 25.1 Å². The van der Waals surface area contributed by atoms with Gasteiger partial charge < -0.3 is 9.64 Å². The van der Waals surface area contributed by atoms with Crippen LogP contribution in [0.4, 0.5) is 0 Å². The van der Waals surface area contributed by atoms with Crippen molar-refractivity contribution in [2.75, 3.05) is 46.4 Å². The number of Topliss-reactive ketones (excluding diaryl/α,β-unsaturated/α-hetero) is 1. The lowest BCUT2D eigenvalue weighted by molar-refractivity contribution is 0.0392. The van der Waals surface area contributed by atoms with Crippen LogP contribution in [-0.4, -0.2) is 62.0 Å². The van der Waals surface area contributed by atoms with Gasteiger partial charge in [-0.05, 0) is 29.8 Å². The van der Waals surface area contributed by atoms with Gasteiger partial charge in [-0.1, -0.05) is 48.9 Å². The molecule has 5 heteroatoms. The largest absolute Gasteiger partial charge is 0.375 e. The molecular formula is C23H29ClN2O2. The second kappa shape index (κ2) is 10.2. The Hall–Kier alpha value is -1.72. The summed E-state index contributed by atoms with van der Waals surface area (Å²) in [7, 11) is 1.78. The summed E-state index contributed by atoms with van der Waals surface area (Å²) in [6.45, 7) is 7.64. The molecule has 0 N–H and O–H groups in total. The number of hydrogen-bond acceptors (Lipinski definition) is 4. The van der Waals surface area contributed by atoms with Crippen LogP contribution in [0.2, 0.25) is 5.02 Å². The van der Waals surface area contributed by atoms with E-state index >= 15 is 0 Å². The smallest absolute Gasteiger partial charge is 0.166 e. The molecule has 1 saturated heterocycles. The van der Waals surface area contributed by atoms with Gasteiger partial charge >= 0.3 is 0 Å². The fourth-order valence-corrected chi connectivity index (χ4v) is 3.87. The molecule has 0 aromatic heterocycles. The molecule has 0 bridgehead atoms. The summed E-state index contributed by atoms with van der Waals surface area (Å²) in [5.41, 5.74) is 1.95. The Balaban J connectivity index is 1.47. The Labute approximate surface area is 173 Å². The number of ether oxygens (including phenoxy) is 1. The molecule has 1 heterocycles. The first kappa shape index (κ1) is 21.0. The zero-order valence-electron chi connectivity index (χ0n) is 16.7. The van der Waals surface area contributed by atoms with Crippen LogP contribution < -0.4 is 0 Å². The molecule has 3 rings (SSSR count). The van der Waals surface area contributed by atoms with Crippen LogP contribution in [0.5, 0.6) is 0 Å². The third-order valence-electron chi connectivity index (χ3n) is 5.45. The maximum Gasteiger partial charge on any atom is 0.166 e. The summed E-state index contributed by atoms with van der Waals surface area (Å²) in [4.78, 5) is 17.5. The van der Waals surface area contributed by atoms with Gasteiger partial charge in [-0.3, -0.25) is 9.69 Å². The van der Waals surface area contributed by atoms with E-state index in [-0.39, 0.29) is 17.8 Å². The highest BCUT2D eigenvalue weighted by atomic mass is 35.5. The van der Waals surface area contributed by atoms with Crippen molar-refractivity contribution in [1.82, 2.24) is 9.80 Å². The predicted octanol–water partition coefficient (Wildman–Crippen LogP) is 4.16. The first-order valence-corrected chi connectivity index (χ1v) is 10.3. The summed E-state index contributed by atoms with van der Waals surface area (Å²) in [6.07, 6.45) is 0.0955. The average molecular weight is 401 g/mol. The van der Waals surface area contributed by atoms with Crippen LogP contribution in [0.25, 0.3) is 0 Å². The molecule has 4 nitrogen and oxygen atoms in total. The molecule has 0 radical (unpaired) electrons. The van der Waals surface area contributed by atoms with E-state index < -0.39 is 0 Å². The molecule has 2 unspecified atom stereocenters. The average Bonchev–Trinajstić information content (AvgIpc) is 2.74. The monoisotopic (exact) mass is 400 g/mol. The van der Waals surface area contributed by atoms with Crippen molar-refractivity contribution in [3.63, 3.8) is 0 Å². The van der Waals surface area contributed by atoms with E-state index in [4.69, 9.17) is 16.3 Å². The number of rotatable bonds is 8. The molecule has 0 spiro atoms. The van der Waals surface area contributed by atoms with Gasteiger partial charge in [0.15, 0.2) is 5.78 Å². The maximum absolute atomic E-state index is 12.6. The van der Waals surface area contributed by atoms with Crippen LogP contribution in [0, 0.1) is 5.92 Å². The number of methoxy groups -OCH3 is 1. The highest BCUT2D eigenvalue weighted by Crippen LogP contribution is 2.19. The summed E-state index contributed by atoms with van der Waals surface area (Å²) < 4.78 is 5.71. The molecule has 1 fully saturated rings. The van der Waals surface area contributed by atoms with Crippen LogP contribution >= 0.6 is 11.6 Å². The Morgan fingerprint density at radius 3 is 2.11 bits per heavy atom. The van der Waals surface area contributed by atoms with Crippen molar-refractivity contribution in [3.05, 3.63) is 70.7 Å². The summed E-state index contributed by atoms with van der Waals surface area (Å²) in [6, 6.07) is 17.6. The molecule has 2 aromatic rings. The molecule has 0 amide bonds. The minimum atomic E-state index is -0.0243. The maximum atomic E-state index is 12.6. The summed E-state index contributed by atoms with van der Waals surface area (Å²) in [5.74, 6) is 0.159. The fraction of sp³-hybridized carbons (Fsp3) is 0.435. The molecular weight excluding hydrogens is 372 g/mol. The number of piperazine rings is 1. The number of nitrogens with zero attached hydrogens (tertiary/aromatic N) is 2. The normalized spacial score (nSPS) is 18.0. The van der Waals surface area contributed by atoms with E-state index in [1.54, 1.807) is 19.2 Å². The van der Waals surface area contributed by atoms with Gasteiger partial charge in [-0.2, -0.15) is 0 Å². The Kier molecular flexibility index (Phi) is 7.63. The van der Waals surface area contributed by atoms with Crippen LogP contribution in [0.3, 0.4) is 0 Å². The van der Waals surface area contributed by atoms with Gasteiger partial charge in [0, 0.05) is 62.9 Å². The van der Waals surface area contributed by atoms with Crippen molar-refractivity contribution in [1.29, 1.82) is 0 Å². The number of carbonyl (C=O) groups is 1. The summed E-state index contributed by atoms with van der Waals surface area (Å²) >= 11 is 5.92. The fourth-order valence-electron chi connectivity index (χ4n) is 3.74. The van der Waals surface area contributed by atoms with Gasteiger partial charge in [0.1, 0.15) is 0 Å². The van der Waals surface area contributed by atoms with Crippen molar-refractivity contribution in [2.45, 2.75) is 13.0 Å². The second-order valence-electron chi connectivity index (χ2n) is 7.51. The highest BCUT2D eigenvalue weighted by molar-refractivity contribution is 6.30. The van der Waals surface area contributed by atoms with Gasteiger partial charge in [-0.15, -0.1) is 0 Å². The van der Waals surface area contributed by atoms with Crippen LogP contribution in [0.15, 0.2) is 54.6 Å². The van der Waals surface area contributed by atoms with Gasteiger partial charge in [0.05, 0.1) is 6.10 Å². The van der Waals surface area contributed by atoms with Crippen molar-refractivity contribution < 1.29 is 9.53 Å². The topological polar surface area (TPSA) is 32.8 Å². The number of hydrogen-bond donors (Lipinski definition) is 0. The van der Waals surface area contributed by atoms with Crippen molar-refractivity contribution in [2.24, 2.45) is 5.92 Å². The van der Waals surface area contributed by atoms with Crippen molar-refractivity contribution in [3.8, 4) is 0 Å². The molecule has 0 aliphatic carbocycles.